The topological polar surface area (TPSA) is 134 Å². The van der Waals surface area contributed by atoms with E-state index in [2.05, 4.69) is 5.32 Å². The Morgan fingerprint density at radius 3 is 2.77 bits per heavy atom. The minimum Gasteiger partial charge on any atom is -0.477 e. The first kappa shape index (κ1) is 25.4. The number of benzene rings is 1. The molecule has 3 amide bonds. The van der Waals surface area contributed by atoms with Gasteiger partial charge in [0.25, 0.3) is 11.8 Å². The third-order valence-electron chi connectivity index (χ3n) is 5.33. The van der Waals surface area contributed by atoms with Gasteiger partial charge in [-0.3, -0.25) is 19.3 Å². The van der Waals surface area contributed by atoms with Gasteiger partial charge >= 0.3 is 5.97 Å². The second kappa shape index (κ2) is 10.5. The number of β-lactam (4-membered cyclic amide) rings is 1. The van der Waals surface area contributed by atoms with E-state index in [4.69, 9.17) is 28.9 Å². The zero-order chi connectivity index (χ0) is 25.3. The highest BCUT2D eigenvalue weighted by Gasteiger charge is 2.54. The fourth-order valence-corrected chi connectivity index (χ4v) is 6.38. The smallest absolute Gasteiger partial charge is 0.352 e. The van der Waals surface area contributed by atoms with Gasteiger partial charge in [-0.25, -0.2) is 9.36 Å². The Kier molecular flexibility index (Phi) is 7.60. The molecule has 13 heteroatoms. The molecule has 4 N–H and O–H groups in total. The van der Waals surface area contributed by atoms with E-state index in [1.54, 1.807) is 41.1 Å². The third-order valence-corrected chi connectivity index (χ3v) is 8.41. The highest BCUT2D eigenvalue weighted by atomic mass is 35.5. The van der Waals surface area contributed by atoms with Gasteiger partial charge in [-0.15, -0.1) is 23.5 Å². The number of primary amides is 1. The number of halogens is 2. The first-order valence-electron chi connectivity index (χ1n) is 10.2. The van der Waals surface area contributed by atoms with Crippen LogP contribution in [-0.2, 0) is 20.9 Å². The molecule has 0 aliphatic carbocycles. The summed E-state index contributed by atoms with van der Waals surface area (Å²) in [6, 6.07) is 7.29. The predicted molar refractivity (Wildman–Crippen MR) is 132 cm³/mol. The van der Waals surface area contributed by atoms with Crippen LogP contribution in [0.4, 0.5) is 0 Å². The van der Waals surface area contributed by atoms with Crippen molar-refractivity contribution in [3.05, 3.63) is 69.6 Å². The Morgan fingerprint density at radius 2 is 2.06 bits per heavy atom. The number of amides is 3. The van der Waals surface area contributed by atoms with Crippen molar-refractivity contribution >= 4 is 70.4 Å². The van der Waals surface area contributed by atoms with Crippen molar-refractivity contribution in [2.24, 2.45) is 5.73 Å². The van der Waals surface area contributed by atoms with Gasteiger partial charge < -0.3 is 16.2 Å². The molecule has 1 aromatic carbocycles. The molecule has 0 spiro atoms. The molecule has 3 heterocycles. The van der Waals surface area contributed by atoms with Crippen LogP contribution >= 0.6 is 46.7 Å². The summed E-state index contributed by atoms with van der Waals surface area (Å²) in [6.07, 6.45) is 3.21. The van der Waals surface area contributed by atoms with Gasteiger partial charge in [-0.2, -0.15) is 0 Å². The maximum atomic E-state index is 12.8. The zero-order valence-corrected chi connectivity index (χ0v) is 21.1. The molecule has 1 aromatic heterocycles. The Hall–Kier alpha value is -2.73. The first-order chi connectivity index (χ1) is 16.7. The molecule has 2 aliphatic heterocycles. The quantitative estimate of drug-likeness (QED) is 0.258. The van der Waals surface area contributed by atoms with Crippen molar-refractivity contribution in [2.75, 3.05) is 11.5 Å². The fourth-order valence-electron chi connectivity index (χ4n) is 3.74. The number of thioether (sulfide) groups is 2. The van der Waals surface area contributed by atoms with Crippen molar-refractivity contribution in [2.45, 2.75) is 22.9 Å². The normalized spacial score (nSPS) is 19.1. The van der Waals surface area contributed by atoms with Crippen LogP contribution < -0.4 is 15.6 Å². The molecule has 2 aromatic rings. The number of carbonyl (C=O) groups is 4. The highest BCUT2D eigenvalue weighted by molar-refractivity contribution is 8.00. The summed E-state index contributed by atoms with van der Waals surface area (Å²) in [5.74, 6) is -2.36. The lowest BCUT2D eigenvalue weighted by molar-refractivity contribution is -0.689. The van der Waals surface area contributed by atoms with Crippen molar-refractivity contribution in [3.8, 4) is 0 Å². The standard InChI is InChI=1S/C22H18Cl2N4O5S2/c23-13-3-4-14(24)15(6-13)34-10-16(29)26-17-20(31)28-18(22(32)33)12(9-35-21(17)28)8-27-5-1-2-11(7-27)19(25)30/h1-7,17,21H,8-10H2,(H3-,25,26,29,30,32,33)/p+1/t17-,21-/m1/s1. The van der Waals surface area contributed by atoms with E-state index in [0.717, 1.165) is 0 Å². The largest absolute Gasteiger partial charge is 0.477 e. The van der Waals surface area contributed by atoms with Crippen LogP contribution in [0.3, 0.4) is 0 Å². The van der Waals surface area contributed by atoms with Crippen molar-refractivity contribution < 1.29 is 28.9 Å². The number of aliphatic carboxylic acids is 1. The third kappa shape index (κ3) is 5.43. The minimum absolute atomic E-state index is 0.0148. The van der Waals surface area contributed by atoms with Gasteiger partial charge in [0, 0.05) is 27.3 Å². The molecule has 1 saturated heterocycles. The highest BCUT2D eigenvalue weighted by Crippen LogP contribution is 2.40. The molecule has 0 saturated carbocycles. The van der Waals surface area contributed by atoms with Gasteiger partial charge in [0.05, 0.1) is 10.8 Å². The summed E-state index contributed by atoms with van der Waals surface area (Å²) in [6.45, 7) is 0.167. The lowest BCUT2D eigenvalue weighted by Gasteiger charge is -2.49. The summed E-state index contributed by atoms with van der Waals surface area (Å²) in [5, 5.41) is 13.0. The zero-order valence-electron chi connectivity index (χ0n) is 17.9. The fraction of sp³-hybridized carbons (Fsp3) is 0.227. The number of carboxylic acids is 1. The number of nitrogens with one attached hydrogen (secondary N) is 1. The summed E-state index contributed by atoms with van der Waals surface area (Å²) in [5.41, 5.74) is 6.00. The van der Waals surface area contributed by atoms with Crippen molar-refractivity contribution in [1.29, 1.82) is 0 Å². The Balaban J connectivity index is 1.44. The molecule has 2 aliphatic rings. The molecule has 9 nitrogen and oxygen atoms in total. The first-order valence-corrected chi connectivity index (χ1v) is 13.0. The van der Waals surface area contributed by atoms with E-state index < -0.39 is 29.2 Å². The number of hydrogen-bond donors (Lipinski definition) is 3. The van der Waals surface area contributed by atoms with Gasteiger partial charge in [-0.05, 0) is 24.3 Å². The number of fused-ring (bicyclic) bond motifs is 1. The van der Waals surface area contributed by atoms with E-state index in [-0.39, 0.29) is 29.5 Å². The lowest BCUT2D eigenvalue weighted by atomic mass is 10.0. The van der Waals surface area contributed by atoms with E-state index in [1.165, 1.54) is 34.6 Å². The number of nitrogens with zero attached hydrogens (tertiary/aromatic N) is 2. The van der Waals surface area contributed by atoms with Crippen LogP contribution in [0.1, 0.15) is 10.4 Å². The number of pyridine rings is 1. The number of aromatic nitrogens is 1. The van der Waals surface area contributed by atoms with Gasteiger partial charge in [0.2, 0.25) is 5.91 Å². The number of carbonyl (C=O) groups excluding carboxylic acids is 3. The Labute approximate surface area is 218 Å². The Morgan fingerprint density at radius 1 is 1.29 bits per heavy atom. The second-order valence-corrected chi connectivity index (χ2v) is 10.7. The van der Waals surface area contributed by atoms with E-state index >= 15 is 0 Å². The number of nitrogens with two attached hydrogens (primary N) is 1. The van der Waals surface area contributed by atoms with Crippen molar-refractivity contribution in [3.63, 3.8) is 0 Å². The van der Waals surface area contributed by atoms with E-state index in [1.807, 2.05) is 0 Å². The molecule has 182 valence electrons. The predicted octanol–water partition coefficient (Wildman–Crippen LogP) is 1.91. The van der Waals surface area contributed by atoms with Gasteiger partial charge in [0.1, 0.15) is 22.7 Å². The molecule has 0 bridgehead atoms. The van der Waals surface area contributed by atoms with Crippen LogP contribution in [0.2, 0.25) is 10.0 Å². The summed E-state index contributed by atoms with van der Waals surface area (Å²) < 4.78 is 1.64. The molecule has 2 atom stereocenters. The average molecular weight is 554 g/mol. The molecule has 35 heavy (non-hydrogen) atoms. The summed E-state index contributed by atoms with van der Waals surface area (Å²) in [7, 11) is 0. The second-order valence-electron chi connectivity index (χ2n) is 7.70. The average Bonchev–Trinajstić information content (AvgIpc) is 2.82. The molecule has 0 radical (unpaired) electrons. The molecule has 4 rings (SSSR count). The monoisotopic (exact) mass is 553 g/mol. The van der Waals surface area contributed by atoms with Crippen molar-refractivity contribution in [1.82, 2.24) is 10.2 Å². The lowest BCUT2D eigenvalue weighted by Crippen LogP contribution is -2.71. The minimum atomic E-state index is -1.23. The molecular formula is C22H19Cl2N4O5S2+. The van der Waals surface area contributed by atoms with Gasteiger partial charge in [0.15, 0.2) is 18.9 Å². The van der Waals surface area contributed by atoms with Crippen LogP contribution in [0.15, 0.2) is 58.9 Å². The van der Waals surface area contributed by atoms with E-state index in [0.29, 0.717) is 26.3 Å². The van der Waals surface area contributed by atoms with Crippen LogP contribution in [0.5, 0.6) is 0 Å². The molecule has 1 fully saturated rings. The maximum Gasteiger partial charge on any atom is 0.352 e. The number of carboxylic acid groups (broad SMARTS) is 1. The summed E-state index contributed by atoms with van der Waals surface area (Å²) >= 11 is 14.6. The Bertz CT molecular complexity index is 1270. The number of rotatable bonds is 8. The molecule has 0 unspecified atom stereocenters. The maximum absolute atomic E-state index is 12.8. The van der Waals surface area contributed by atoms with Crippen LogP contribution in [0, 0.1) is 0 Å². The van der Waals surface area contributed by atoms with Gasteiger partial charge in [-0.1, -0.05) is 23.2 Å². The van der Waals surface area contributed by atoms with Crippen LogP contribution in [0.25, 0.3) is 0 Å². The number of hydrogen-bond acceptors (Lipinski definition) is 6. The molecular weight excluding hydrogens is 535 g/mol. The van der Waals surface area contributed by atoms with E-state index in [9.17, 15) is 24.3 Å². The summed E-state index contributed by atoms with van der Waals surface area (Å²) in [4.78, 5) is 50.7. The SMILES string of the molecule is NC(=O)c1ccc[n+](CC2=C(C(=O)O)N3C(=O)[C@@H](NC(=O)CSc4cc(Cl)ccc4Cl)[C@H]3SC2)c1. The van der Waals surface area contributed by atoms with Crippen LogP contribution in [-0.4, -0.2) is 56.6 Å².